The number of hydrogen-bond donors (Lipinski definition) is 2. The molecule has 2 heterocycles. The fourth-order valence-corrected chi connectivity index (χ4v) is 1.65. The van der Waals surface area contributed by atoms with Gasteiger partial charge in [0.2, 0.25) is 0 Å². The van der Waals surface area contributed by atoms with E-state index in [0.29, 0.717) is 11.5 Å². The number of thiazole rings is 1. The molecular weight excluding hydrogens is 224 g/mol. The SMILES string of the molecule is CNc1ccc(NC(=O)c2cscn2)nc1. The highest BCUT2D eigenvalue weighted by molar-refractivity contribution is 7.07. The molecule has 1 amide bonds. The van der Waals surface area contributed by atoms with Crippen molar-refractivity contribution in [1.82, 2.24) is 9.97 Å². The Balaban J connectivity index is 2.06. The van der Waals surface area contributed by atoms with Crippen LogP contribution in [0.25, 0.3) is 0 Å². The van der Waals surface area contributed by atoms with Gasteiger partial charge in [-0.1, -0.05) is 0 Å². The molecule has 0 fully saturated rings. The minimum absolute atomic E-state index is 0.244. The lowest BCUT2D eigenvalue weighted by atomic mass is 10.4. The molecule has 2 rings (SSSR count). The van der Waals surface area contributed by atoms with Crippen LogP contribution in [-0.4, -0.2) is 22.9 Å². The summed E-state index contributed by atoms with van der Waals surface area (Å²) in [5.41, 5.74) is 2.92. The topological polar surface area (TPSA) is 66.9 Å². The Morgan fingerprint density at radius 3 is 2.81 bits per heavy atom. The van der Waals surface area contributed by atoms with Crippen LogP contribution in [0.5, 0.6) is 0 Å². The maximum atomic E-state index is 11.6. The molecule has 0 saturated heterocycles. The summed E-state index contributed by atoms with van der Waals surface area (Å²) < 4.78 is 0. The predicted octanol–water partition coefficient (Wildman–Crippen LogP) is 1.83. The minimum Gasteiger partial charge on any atom is -0.387 e. The van der Waals surface area contributed by atoms with Crippen molar-refractivity contribution in [1.29, 1.82) is 0 Å². The molecule has 16 heavy (non-hydrogen) atoms. The second kappa shape index (κ2) is 4.71. The van der Waals surface area contributed by atoms with E-state index in [1.807, 2.05) is 13.1 Å². The second-order valence-electron chi connectivity index (χ2n) is 3.01. The molecule has 0 radical (unpaired) electrons. The fraction of sp³-hybridized carbons (Fsp3) is 0.100. The number of hydrogen-bond acceptors (Lipinski definition) is 5. The van der Waals surface area contributed by atoms with Crippen LogP contribution < -0.4 is 10.6 Å². The van der Waals surface area contributed by atoms with Crippen LogP contribution in [0.15, 0.2) is 29.2 Å². The molecule has 0 aliphatic rings. The lowest BCUT2D eigenvalue weighted by Crippen LogP contribution is -2.13. The highest BCUT2D eigenvalue weighted by atomic mass is 32.1. The third-order valence-electron chi connectivity index (χ3n) is 1.96. The molecule has 0 bridgehead atoms. The van der Waals surface area contributed by atoms with Crippen molar-refractivity contribution in [3.8, 4) is 0 Å². The first-order chi connectivity index (χ1) is 7.79. The lowest BCUT2D eigenvalue weighted by Gasteiger charge is -2.03. The van der Waals surface area contributed by atoms with Gasteiger partial charge in [0.15, 0.2) is 0 Å². The van der Waals surface area contributed by atoms with Gasteiger partial charge in [-0.3, -0.25) is 4.79 Å². The number of rotatable bonds is 3. The van der Waals surface area contributed by atoms with Crippen LogP contribution in [0.3, 0.4) is 0 Å². The van der Waals surface area contributed by atoms with Gasteiger partial charge in [-0.25, -0.2) is 9.97 Å². The van der Waals surface area contributed by atoms with Crippen molar-refractivity contribution >= 4 is 28.7 Å². The predicted molar refractivity (Wildman–Crippen MR) is 63.9 cm³/mol. The van der Waals surface area contributed by atoms with Crippen molar-refractivity contribution in [3.63, 3.8) is 0 Å². The van der Waals surface area contributed by atoms with E-state index in [-0.39, 0.29) is 5.91 Å². The number of carbonyl (C=O) groups is 1. The molecule has 0 aliphatic carbocycles. The number of nitrogens with one attached hydrogen (secondary N) is 2. The summed E-state index contributed by atoms with van der Waals surface area (Å²) in [6.45, 7) is 0. The summed E-state index contributed by atoms with van der Waals surface area (Å²) in [6, 6.07) is 3.57. The first kappa shape index (κ1) is 10.6. The standard InChI is InChI=1S/C10H10N4OS/c1-11-7-2-3-9(12-4-7)14-10(15)8-5-16-6-13-8/h2-6,11H,1H3,(H,12,14,15). The Morgan fingerprint density at radius 2 is 2.25 bits per heavy atom. The fourth-order valence-electron chi connectivity index (χ4n) is 1.12. The molecule has 0 unspecified atom stereocenters. The Labute approximate surface area is 96.6 Å². The lowest BCUT2D eigenvalue weighted by molar-refractivity contribution is 0.102. The summed E-state index contributed by atoms with van der Waals surface area (Å²) >= 11 is 1.38. The van der Waals surface area contributed by atoms with Crippen LogP contribution >= 0.6 is 11.3 Å². The quantitative estimate of drug-likeness (QED) is 0.850. The van der Waals surface area contributed by atoms with Gasteiger partial charge in [-0.05, 0) is 12.1 Å². The molecule has 0 saturated carbocycles. The van der Waals surface area contributed by atoms with Crippen LogP contribution in [0.1, 0.15) is 10.5 Å². The summed E-state index contributed by atoms with van der Waals surface area (Å²) in [5.74, 6) is 0.267. The molecule has 0 spiro atoms. The molecule has 2 N–H and O–H groups in total. The Bertz CT molecular complexity index is 466. The molecule has 0 aliphatic heterocycles. The largest absolute Gasteiger partial charge is 0.387 e. The number of aromatic nitrogens is 2. The maximum Gasteiger partial charge on any atom is 0.276 e. The Morgan fingerprint density at radius 1 is 1.38 bits per heavy atom. The van der Waals surface area contributed by atoms with Crippen LogP contribution in [0.4, 0.5) is 11.5 Å². The number of carbonyl (C=O) groups excluding carboxylic acids is 1. The minimum atomic E-state index is -0.244. The monoisotopic (exact) mass is 234 g/mol. The van der Waals surface area contributed by atoms with E-state index in [0.717, 1.165) is 5.69 Å². The zero-order valence-corrected chi connectivity index (χ0v) is 9.41. The van der Waals surface area contributed by atoms with Gasteiger partial charge in [-0.15, -0.1) is 11.3 Å². The third kappa shape index (κ3) is 2.34. The normalized spacial score (nSPS) is 9.81. The molecule has 2 aromatic rings. The smallest absolute Gasteiger partial charge is 0.276 e. The summed E-state index contributed by atoms with van der Waals surface area (Å²) in [7, 11) is 1.81. The van der Waals surface area contributed by atoms with Gasteiger partial charge in [0, 0.05) is 12.4 Å². The van der Waals surface area contributed by atoms with Gasteiger partial charge in [0.1, 0.15) is 11.5 Å². The zero-order chi connectivity index (χ0) is 11.4. The second-order valence-corrected chi connectivity index (χ2v) is 3.73. The van der Waals surface area contributed by atoms with Gasteiger partial charge in [-0.2, -0.15) is 0 Å². The molecule has 0 aromatic carbocycles. The zero-order valence-electron chi connectivity index (χ0n) is 8.60. The van der Waals surface area contributed by atoms with Crippen molar-refractivity contribution in [2.45, 2.75) is 0 Å². The molecule has 6 heteroatoms. The van der Waals surface area contributed by atoms with Crippen molar-refractivity contribution < 1.29 is 4.79 Å². The van der Waals surface area contributed by atoms with Gasteiger partial charge in [0.05, 0.1) is 17.4 Å². The van der Waals surface area contributed by atoms with E-state index < -0.39 is 0 Å². The van der Waals surface area contributed by atoms with Gasteiger partial charge < -0.3 is 10.6 Å². The van der Waals surface area contributed by atoms with Crippen LogP contribution in [-0.2, 0) is 0 Å². The first-order valence-electron chi connectivity index (χ1n) is 4.63. The van der Waals surface area contributed by atoms with Crippen molar-refractivity contribution in [2.75, 3.05) is 17.7 Å². The van der Waals surface area contributed by atoms with E-state index in [9.17, 15) is 4.79 Å². The van der Waals surface area contributed by atoms with Crippen molar-refractivity contribution in [2.24, 2.45) is 0 Å². The maximum absolute atomic E-state index is 11.6. The van der Waals surface area contributed by atoms with E-state index in [1.165, 1.54) is 11.3 Å². The molecule has 2 aromatic heterocycles. The van der Waals surface area contributed by atoms with E-state index in [1.54, 1.807) is 23.2 Å². The average molecular weight is 234 g/mol. The molecule has 0 atom stereocenters. The van der Waals surface area contributed by atoms with Gasteiger partial charge >= 0.3 is 0 Å². The van der Waals surface area contributed by atoms with Crippen LogP contribution in [0.2, 0.25) is 0 Å². The summed E-state index contributed by atoms with van der Waals surface area (Å²) in [6.07, 6.45) is 1.65. The number of nitrogens with zero attached hydrogens (tertiary/aromatic N) is 2. The van der Waals surface area contributed by atoms with Gasteiger partial charge in [0.25, 0.3) is 5.91 Å². The van der Waals surface area contributed by atoms with Crippen LogP contribution in [0, 0.1) is 0 Å². The van der Waals surface area contributed by atoms with Crippen molar-refractivity contribution in [3.05, 3.63) is 34.9 Å². The highest BCUT2D eigenvalue weighted by Crippen LogP contribution is 2.10. The highest BCUT2D eigenvalue weighted by Gasteiger charge is 2.07. The summed E-state index contributed by atoms with van der Waals surface area (Å²) in [5, 5.41) is 7.30. The number of amides is 1. The first-order valence-corrected chi connectivity index (χ1v) is 5.57. The molecular formula is C10H10N4OS. The molecule has 82 valence electrons. The summed E-state index contributed by atoms with van der Waals surface area (Å²) in [4.78, 5) is 19.6. The molecule has 5 nitrogen and oxygen atoms in total. The average Bonchev–Trinajstić information content (AvgIpc) is 2.83. The van der Waals surface area contributed by atoms with E-state index >= 15 is 0 Å². The number of anilines is 2. The number of pyridine rings is 1. The van der Waals surface area contributed by atoms with E-state index in [4.69, 9.17) is 0 Å². The van der Waals surface area contributed by atoms with E-state index in [2.05, 4.69) is 20.6 Å². The Hall–Kier alpha value is -1.95. The third-order valence-corrected chi connectivity index (χ3v) is 2.55. The Kier molecular flexibility index (Phi) is 3.11.